The Kier molecular flexibility index (Phi) is 4.24. The number of nitrogens with zero attached hydrogens (tertiary/aromatic N) is 3. The minimum absolute atomic E-state index is 0.0297. The molecule has 1 heterocycles. The van der Waals surface area contributed by atoms with Gasteiger partial charge in [0.15, 0.2) is 0 Å². The van der Waals surface area contributed by atoms with E-state index in [9.17, 15) is 5.11 Å². The Balaban J connectivity index is 2.56. The molecule has 0 amide bonds. The molecule has 0 spiro atoms. The first-order valence-corrected chi connectivity index (χ1v) is 6.27. The number of rotatable bonds is 5. The summed E-state index contributed by atoms with van der Waals surface area (Å²) in [6.07, 6.45) is 0. The lowest BCUT2D eigenvalue weighted by Gasteiger charge is -2.02. The Labute approximate surface area is 117 Å². The molecular weight excluding hydrogens is 258 g/mol. The van der Waals surface area contributed by atoms with Gasteiger partial charge in [-0.3, -0.25) is 0 Å². The number of aromatic nitrogens is 2. The molecule has 1 aromatic heterocycles. The summed E-state index contributed by atoms with van der Waals surface area (Å²) in [5.74, 6) is 0.296. The van der Waals surface area contributed by atoms with Gasteiger partial charge in [0, 0.05) is 0 Å². The molecule has 20 heavy (non-hydrogen) atoms. The van der Waals surface area contributed by atoms with Crippen molar-refractivity contribution in [2.24, 2.45) is 5.16 Å². The van der Waals surface area contributed by atoms with Gasteiger partial charge < -0.3 is 14.7 Å². The van der Waals surface area contributed by atoms with E-state index in [2.05, 4.69) is 10.3 Å². The lowest BCUT2D eigenvalue weighted by Crippen LogP contribution is -2.00. The molecule has 0 saturated carbocycles. The summed E-state index contributed by atoms with van der Waals surface area (Å²) >= 11 is 0. The van der Waals surface area contributed by atoms with Gasteiger partial charge in [0.2, 0.25) is 11.8 Å². The largest absolute Gasteiger partial charge is 0.493 e. The fraction of sp³-hybridized carbons (Fsp3) is 0.286. The maximum atomic E-state index is 10.4. The lowest BCUT2D eigenvalue weighted by molar-refractivity contribution is 0.213. The summed E-state index contributed by atoms with van der Waals surface area (Å²) in [6.45, 7) is 4.02. The van der Waals surface area contributed by atoms with Crippen LogP contribution in [0.25, 0.3) is 5.69 Å². The van der Waals surface area contributed by atoms with Crippen LogP contribution in [0.5, 0.6) is 11.8 Å². The SMILES string of the molecule is CCOc1nn(-c2ccccc2)c(O)c1/C(C)=N/OC. The highest BCUT2D eigenvalue weighted by molar-refractivity contribution is 6.02. The van der Waals surface area contributed by atoms with Gasteiger partial charge in [-0.2, -0.15) is 4.68 Å². The van der Waals surface area contributed by atoms with Crippen molar-refractivity contribution in [3.63, 3.8) is 0 Å². The van der Waals surface area contributed by atoms with Crippen molar-refractivity contribution in [1.29, 1.82) is 0 Å². The third kappa shape index (κ3) is 2.59. The second-order valence-electron chi connectivity index (χ2n) is 4.04. The van der Waals surface area contributed by atoms with Crippen LogP contribution in [0.4, 0.5) is 0 Å². The topological polar surface area (TPSA) is 68.9 Å². The number of benzene rings is 1. The van der Waals surface area contributed by atoms with Gasteiger partial charge in [-0.05, 0) is 26.0 Å². The van der Waals surface area contributed by atoms with Crippen LogP contribution in [-0.2, 0) is 4.84 Å². The number of aromatic hydroxyl groups is 1. The van der Waals surface area contributed by atoms with Crippen molar-refractivity contribution in [2.45, 2.75) is 13.8 Å². The van der Waals surface area contributed by atoms with Gasteiger partial charge in [-0.25, -0.2) is 0 Å². The fourth-order valence-electron chi connectivity index (χ4n) is 1.88. The van der Waals surface area contributed by atoms with E-state index in [4.69, 9.17) is 9.57 Å². The predicted octanol–water partition coefficient (Wildman–Crippen LogP) is 2.35. The second kappa shape index (κ2) is 6.10. The van der Waals surface area contributed by atoms with Gasteiger partial charge in [0.25, 0.3) is 0 Å². The molecule has 0 radical (unpaired) electrons. The van der Waals surface area contributed by atoms with Crippen molar-refractivity contribution in [1.82, 2.24) is 9.78 Å². The van der Waals surface area contributed by atoms with Crippen LogP contribution in [-0.4, -0.2) is 34.3 Å². The number of ether oxygens (including phenoxy) is 1. The Hall–Kier alpha value is -2.50. The first-order valence-electron chi connectivity index (χ1n) is 6.27. The molecule has 6 heteroatoms. The van der Waals surface area contributed by atoms with Crippen LogP contribution in [0.2, 0.25) is 0 Å². The Morgan fingerprint density at radius 1 is 1.35 bits per heavy atom. The van der Waals surface area contributed by atoms with Crippen molar-refractivity contribution >= 4 is 5.71 Å². The molecule has 2 rings (SSSR count). The van der Waals surface area contributed by atoms with Crippen molar-refractivity contribution < 1.29 is 14.7 Å². The summed E-state index contributed by atoms with van der Waals surface area (Å²) in [6, 6.07) is 9.31. The lowest BCUT2D eigenvalue weighted by atomic mass is 10.2. The molecule has 0 fully saturated rings. The quantitative estimate of drug-likeness (QED) is 0.671. The monoisotopic (exact) mass is 275 g/mol. The zero-order chi connectivity index (χ0) is 14.5. The van der Waals surface area contributed by atoms with Gasteiger partial charge >= 0.3 is 0 Å². The molecule has 0 aliphatic rings. The Bertz CT molecular complexity index is 606. The van der Waals surface area contributed by atoms with Crippen LogP contribution < -0.4 is 4.74 Å². The first kappa shape index (κ1) is 13.9. The smallest absolute Gasteiger partial charge is 0.246 e. The van der Waals surface area contributed by atoms with Gasteiger partial charge in [-0.1, -0.05) is 23.4 Å². The van der Waals surface area contributed by atoms with E-state index in [0.717, 1.165) is 5.69 Å². The molecule has 0 aliphatic carbocycles. The molecule has 6 nitrogen and oxygen atoms in total. The zero-order valence-electron chi connectivity index (χ0n) is 11.7. The average molecular weight is 275 g/mol. The van der Waals surface area contributed by atoms with Crippen LogP contribution in [0.1, 0.15) is 19.4 Å². The maximum absolute atomic E-state index is 10.4. The van der Waals surface area contributed by atoms with Crippen molar-refractivity contribution in [3.8, 4) is 17.4 Å². The molecule has 0 unspecified atom stereocenters. The van der Waals surface area contributed by atoms with Crippen molar-refractivity contribution in [2.75, 3.05) is 13.7 Å². The van der Waals surface area contributed by atoms with E-state index >= 15 is 0 Å². The molecule has 1 N–H and O–H groups in total. The number of para-hydroxylation sites is 1. The number of hydrogen-bond acceptors (Lipinski definition) is 5. The zero-order valence-corrected chi connectivity index (χ0v) is 11.7. The van der Waals surface area contributed by atoms with E-state index in [-0.39, 0.29) is 5.88 Å². The Morgan fingerprint density at radius 3 is 2.65 bits per heavy atom. The van der Waals surface area contributed by atoms with E-state index in [0.29, 0.717) is 23.8 Å². The molecule has 0 atom stereocenters. The molecule has 2 aromatic rings. The fourth-order valence-corrected chi connectivity index (χ4v) is 1.88. The first-order chi connectivity index (χ1) is 9.69. The van der Waals surface area contributed by atoms with Crippen LogP contribution in [0, 0.1) is 0 Å². The van der Waals surface area contributed by atoms with Crippen LogP contribution >= 0.6 is 0 Å². The maximum Gasteiger partial charge on any atom is 0.246 e. The van der Waals surface area contributed by atoms with E-state index < -0.39 is 0 Å². The van der Waals surface area contributed by atoms with Crippen LogP contribution in [0.3, 0.4) is 0 Å². The predicted molar refractivity (Wildman–Crippen MR) is 75.6 cm³/mol. The third-order valence-corrected chi connectivity index (χ3v) is 2.70. The van der Waals surface area contributed by atoms with Crippen LogP contribution in [0.15, 0.2) is 35.5 Å². The molecule has 1 aromatic carbocycles. The van der Waals surface area contributed by atoms with Gasteiger partial charge in [-0.15, -0.1) is 5.10 Å². The number of oxime groups is 1. The highest BCUT2D eigenvalue weighted by Crippen LogP contribution is 2.30. The molecular formula is C14H17N3O3. The molecule has 106 valence electrons. The molecule has 0 aliphatic heterocycles. The van der Waals surface area contributed by atoms with E-state index in [1.165, 1.54) is 11.8 Å². The minimum Gasteiger partial charge on any atom is -0.493 e. The minimum atomic E-state index is -0.0297. The highest BCUT2D eigenvalue weighted by Gasteiger charge is 2.22. The van der Waals surface area contributed by atoms with Crippen molar-refractivity contribution in [3.05, 3.63) is 35.9 Å². The molecule has 0 bridgehead atoms. The third-order valence-electron chi connectivity index (χ3n) is 2.70. The van der Waals surface area contributed by atoms with Gasteiger partial charge in [0.05, 0.1) is 18.0 Å². The van der Waals surface area contributed by atoms with Gasteiger partial charge in [0.1, 0.15) is 12.7 Å². The van der Waals surface area contributed by atoms with E-state index in [1.54, 1.807) is 6.92 Å². The van der Waals surface area contributed by atoms with E-state index in [1.807, 2.05) is 37.3 Å². The standard InChI is InChI=1S/C14H17N3O3/c1-4-20-13-12(10(2)16-19-3)14(18)17(15-13)11-8-6-5-7-9-11/h5-9,18H,4H2,1-3H3/b16-10+. The summed E-state index contributed by atoms with van der Waals surface area (Å²) in [4.78, 5) is 4.75. The summed E-state index contributed by atoms with van der Waals surface area (Å²) in [5.41, 5.74) is 1.66. The normalized spacial score (nSPS) is 11.4. The summed E-state index contributed by atoms with van der Waals surface area (Å²) in [5, 5.41) is 18.5. The summed E-state index contributed by atoms with van der Waals surface area (Å²) in [7, 11) is 1.45. The Morgan fingerprint density at radius 2 is 2.05 bits per heavy atom. The second-order valence-corrected chi connectivity index (χ2v) is 4.04. The number of hydrogen-bond donors (Lipinski definition) is 1. The molecule has 0 saturated heterocycles. The summed E-state index contributed by atoms with van der Waals surface area (Å²) < 4.78 is 6.87. The highest BCUT2D eigenvalue weighted by atomic mass is 16.6. The average Bonchev–Trinajstić information content (AvgIpc) is 2.77.